The first-order valence-electron chi connectivity index (χ1n) is 6.01. The third kappa shape index (κ3) is 3.54. The minimum Gasteiger partial charge on any atom is -0.465 e. The third-order valence-electron chi connectivity index (χ3n) is 2.91. The number of carbonyl (C=O) groups is 2. The largest absolute Gasteiger partial charge is 0.465 e. The molecule has 0 aromatic heterocycles. The number of hydrogen-bond donors (Lipinski definition) is 1. The molecule has 1 amide bonds. The molecule has 108 valence electrons. The van der Waals surface area contributed by atoms with Crippen molar-refractivity contribution in [1.82, 2.24) is 0 Å². The van der Waals surface area contributed by atoms with Crippen LogP contribution in [0.5, 0.6) is 0 Å². The van der Waals surface area contributed by atoms with E-state index < -0.39 is 6.09 Å². The van der Waals surface area contributed by atoms with Gasteiger partial charge in [0, 0.05) is 0 Å². The maximum absolute atomic E-state index is 11.5. The van der Waals surface area contributed by atoms with Crippen molar-refractivity contribution in [2.45, 2.75) is 6.54 Å². The molecule has 4 nitrogen and oxygen atoms in total. The molecule has 0 unspecified atom stereocenters. The lowest BCUT2D eigenvalue weighted by Gasteiger charge is -2.20. The second-order valence-corrected chi connectivity index (χ2v) is 5.11. The van der Waals surface area contributed by atoms with E-state index in [-0.39, 0.29) is 22.2 Å². The molecule has 0 saturated carbocycles. The molecule has 0 atom stereocenters. The average Bonchev–Trinajstić information content (AvgIpc) is 2.45. The maximum Gasteiger partial charge on any atom is 0.412 e. The Morgan fingerprint density at radius 1 is 1.14 bits per heavy atom. The van der Waals surface area contributed by atoms with Crippen LogP contribution in [0.15, 0.2) is 42.5 Å². The molecular weight excluding hydrogens is 313 g/mol. The van der Waals surface area contributed by atoms with Crippen LogP contribution in [-0.4, -0.2) is 17.5 Å². The van der Waals surface area contributed by atoms with E-state index in [0.29, 0.717) is 12.0 Å². The monoisotopic (exact) mass is 323 g/mol. The van der Waals surface area contributed by atoms with Gasteiger partial charge >= 0.3 is 6.09 Å². The van der Waals surface area contributed by atoms with Crippen molar-refractivity contribution in [2.75, 3.05) is 4.90 Å². The molecule has 0 aliphatic carbocycles. The van der Waals surface area contributed by atoms with Crippen molar-refractivity contribution in [3.8, 4) is 0 Å². The molecule has 0 aliphatic heterocycles. The summed E-state index contributed by atoms with van der Waals surface area (Å²) in [4.78, 5) is 23.4. The topological polar surface area (TPSA) is 57.6 Å². The molecule has 2 aromatic carbocycles. The lowest BCUT2D eigenvalue weighted by atomic mass is 10.1. The maximum atomic E-state index is 11.5. The van der Waals surface area contributed by atoms with Crippen LogP contribution in [0.4, 0.5) is 10.5 Å². The predicted octanol–water partition coefficient (Wildman–Crippen LogP) is 4.49. The van der Waals surface area contributed by atoms with Gasteiger partial charge in [0.2, 0.25) is 0 Å². The van der Waals surface area contributed by atoms with Gasteiger partial charge in [0.1, 0.15) is 0 Å². The molecule has 0 bridgehead atoms. The molecule has 0 radical (unpaired) electrons. The summed E-state index contributed by atoms with van der Waals surface area (Å²) in [5.74, 6) is 0. The Balaban J connectivity index is 2.39. The Bertz CT molecular complexity index is 651. The Hall–Kier alpha value is -2.04. The van der Waals surface area contributed by atoms with Crippen LogP contribution in [0.3, 0.4) is 0 Å². The molecule has 0 spiro atoms. The average molecular weight is 324 g/mol. The molecule has 0 saturated heterocycles. The molecule has 1 N–H and O–H groups in total. The number of carbonyl (C=O) groups excluding carboxylic acids is 1. The first-order chi connectivity index (χ1) is 10.0. The van der Waals surface area contributed by atoms with Crippen LogP contribution in [0.2, 0.25) is 10.0 Å². The Kier molecular flexibility index (Phi) is 4.83. The van der Waals surface area contributed by atoms with Crippen LogP contribution >= 0.6 is 23.2 Å². The zero-order valence-corrected chi connectivity index (χ0v) is 12.3. The molecule has 0 aliphatic rings. The number of hydrogen-bond acceptors (Lipinski definition) is 2. The third-order valence-corrected chi connectivity index (χ3v) is 3.53. The van der Waals surface area contributed by atoms with Gasteiger partial charge in [-0.05, 0) is 17.7 Å². The quantitative estimate of drug-likeness (QED) is 0.843. The highest BCUT2D eigenvalue weighted by molar-refractivity contribution is 6.39. The summed E-state index contributed by atoms with van der Waals surface area (Å²) in [5, 5.41) is 9.60. The van der Waals surface area contributed by atoms with Gasteiger partial charge in [-0.1, -0.05) is 53.5 Å². The fourth-order valence-corrected chi connectivity index (χ4v) is 2.44. The van der Waals surface area contributed by atoms with E-state index in [1.54, 1.807) is 0 Å². The fourth-order valence-electron chi connectivity index (χ4n) is 1.87. The first-order valence-corrected chi connectivity index (χ1v) is 6.77. The van der Waals surface area contributed by atoms with Crippen LogP contribution in [-0.2, 0) is 6.54 Å². The Labute approximate surface area is 131 Å². The summed E-state index contributed by atoms with van der Waals surface area (Å²) in [5.41, 5.74) is 1.28. The van der Waals surface area contributed by atoms with Gasteiger partial charge in [-0.25, -0.2) is 4.79 Å². The van der Waals surface area contributed by atoms with E-state index in [9.17, 15) is 14.7 Å². The van der Waals surface area contributed by atoms with Gasteiger partial charge in [0.25, 0.3) is 0 Å². The molecule has 6 heteroatoms. The summed E-state index contributed by atoms with van der Waals surface area (Å²) in [7, 11) is 0. The van der Waals surface area contributed by atoms with E-state index in [2.05, 4.69) is 0 Å². The lowest BCUT2D eigenvalue weighted by Crippen LogP contribution is -2.28. The Morgan fingerprint density at radius 3 is 2.19 bits per heavy atom. The summed E-state index contributed by atoms with van der Waals surface area (Å²) < 4.78 is 0. The van der Waals surface area contributed by atoms with Crippen LogP contribution < -0.4 is 4.90 Å². The van der Waals surface area contributed by atoms with Crippen molar-refractivity contribution >= 4 is 41.3 Å². The number of rotatable bonds is 4. The summed E-state index contributed by atoms with van der Waals surface area (Å²) in [6.07, 6.45) is -0.596. The van der Waals surface area contributed by atoms with Crippen molar-refractivity contribution in [3.63, 3.8) is 0 Å². The molecule has 2 rings (SSSR count). The van der Waals surface area contributed by atoms with Gasteiger partial charge < -0.3 is 5.11 Å². The summed E-state index contributed by atoms with van der Waals surface area (Å²) >= 11 is 11.9. The zero-order valence-electron chi connectivity index (χ0n) is 10.8. The number of carboxylic acid groups (broad SMARTS) is 1. The second kappa shape index (κ2) is 6.61. The van der Waals surface area contributed by atoms with Crippen LogP contribution in [0.25, 0.3) is 0 Å². The minimum absolute atomic E-state index is 0.117. The molecule has 0 heterocycles. The van der Waals surface area contributed by atoms with Gasteiger partial charge in [-0.3, -0.25) is 9.69 Å². The van der Waals surface area contributed by atoms with Gasteiger partial charge in [0.15, 0.2) is 6.29 Å². The molecule has 21 heavy (non-hydrogen) atoms. The normalized spacial score (nSPS) is 10.2. The van der Waals surface area contributed by atoms with E-state index in [0.717, 1.165) is 10.5 Å². The number of amides is 1. The number of halogens is 2. The van der Waals surface area contributed by atoms with E-state index in [4.69, 9.17) is 23.2 Å². The Morgan fingerprint density at radius 2 is 1.71 bits per heavy atom. The van der Waals surface area contributed by atoms with Gasteiger partial charge in [0.05, 0.1) is 27.8 Å². The zero-order chi connectivity index (χ0) is 15.4. The molecule has 0 fully saturated rings. The van der Waals surface area contributed by atoms with Crippen molar-refractivity contribution in [2.24, 2.45) is 0 Å². The predicted molar refractivity (Wildman–Crippen MR) is 82.5 cm³/mol. The van der Waals surface area contributed by atoms with Crippen LogP contribution in [0.1, 0.15) is 15.9 Å². The first kappa shape index (κ1) is 15.4. The SMILES string of the molecule is O=Cc1c(Cl)cc(N(Cc2ccccc2)C(=O)O)cc1Cl. The summed E-state index contributed by atoms with van der Waals surface area (Å²) in [6.45, 7) is 0.156. The second-order valence-electron chi connectivity index (χ2n) is 4.30. The van der Waals surface area contributed by atoms with Crippen LogP contribution in [0, 0.1) is 0 Å². The fraction of sp³-hybridized carbons (Fsp3) is 0.0667. The van der Waals surface area contributed by atoms with Gasteiger partial charge in [-0.2, -0.15) is 0 Å². The highest BCUT2D eigenvalue weighted by Crippen LogP contribution is 2.30. The lowest BCUT2D eigenvalue weighted by molar-refractivity contribution is 0.112. The van der Waals surface area contributed by atoms with E-state index in [1.807, 2.05) is 30.3 Å². The smallest absolute Gasteiger partial charge is 0.412 e. The number of nitrogens with zero attached hydrogens (tertiary/aromatic N) is 1. The standard InChI is InChI=1S/C15H11Cl2NO3/c16-13-6-11(7-14(17)12(13)9-19)18(15(20)21)8-10-4-2-1-3-5-10/h1-7,9H,8H2,(H,20,21). The van der Waals surface area contributed by atoms with Gasteiger partial charge in [-0.15, -0.1) is 0 Å². The van der Waals surface area contributed by atoms with Crippen molar-refractivity contribution in [1.29, 1.82) is 0 Å². The van der Waals surface area contributed by atoms with E-state index >= 15 is 0 Å². The molecular formula is C15H11Cl2NO3. The van der Waals surface area contributed by atoms with Crippen molar-refractivity contribution < 1.29 is 14.7 Å². The van der Waals surface area contributed by atoms with E-state index in [1.165, 1.54) is 12.1 Å². The number of benzene rings is 2. The number of anilines is 1. The highest BCUT2D eigenvalue weighted by atomic mass is 35.5. The highest BCUT2D eigenvalue weighted by Gasteiger charge is 2.18. The minimum atomic E-state index is -1.13. The number of aldehydes is 1. The molecule has 2 aromatic rings. The summed E-state index contributed by atoms with van der Waals surface area (Å²) in [6, 6.07) is 12.0. The van der Waals surface area contributed by atoms with Crippen molar-refractivity contribution in [3.05, 3.63) is 63.6 Å².